The number of carbonyl (C=O) groups is 9. The van der Waals surface area contributed by atoms with Crippen LogP contribution in [0.15, 0.2) is 109 Å². The van der Waals surface area contributed by atoms with Crippen LogP contribution >= 0.6 is 0 Å². The van der Waals surface area contributed by atoms with Gasteiger partial charge in [-0.25, -0.2) is 13.9 Å². The summed E-state index contributed by atoms with van der Waals surface area (Å²) >= 11 is 0. The lowest BCUT2D eigenvalue weighted by atomic mass is 9.95. The number of benzene rings is 4. The van der Waals surface area contributed by atoms with Gasteiger partial charge in [-0.1, -0.05) is 85.3 Å². The van der Waals surface area contributed by atoms with Gasteiger partial charge >= 0.3 is 5.97 Å². The number of aliphatic carboxylic acids is 1. The van der Waals surface area contributed by atoms with Gasteiger partial charge in [0.25, 0.3) is 0 Å². The fraction of sp³-hybridized carbons (Fsp3) is 0.466. The van der Waals surface area contributed by atoms with Crippen molar-refractivity contribution in [3.8, 4) is 5.75 Å². The van der Waals surface area contributed by atoms with Crippen LogP contribution in [0.4, 0.5) is 4.39 Å². The number of nitrogens with zero attached hydrogens (tertiary/aromatic N) is 6. The van der Waals surface area contributed by atoms with Crippen LogP contribution < -0.4 is 42.4 Å². The highest BCUT2D eigenvalue weighted by atomic mass is 19.1. The van der Waals surface area contributed by atoms with Crippen LogP contribution in [0.25, 0.3) is 10.9 Å². The van der Waals surface area contributed by atoms with Gasteiger partial charge in [0.15, 0.2) is 0 Å². The monoisotopic (exact) mass is 1380 g/mol. The smallest absolute Gasteiger partial charge is 0.326 e. The Morgan fingerprint density at radius 3 is 2.38 bits per heavy atom. The SMILES string of the molecule is CC[C@@H](NC(=O)CCCCCC(=O)NCc1ccc2cc1Cn1cc(nn1)Cn1cc(c3cc(F)ccc31)C[C@@H]1NC(=O)[C@@H](N)Cc3cccc(c3)C/C=C/CO[C@H]3CCN(C1=O)[C@@H]3C(=O)N[C@@H]([C@@H](C)O)C(=O)N[C@@H](Cc1ccc(OC)cc1)C(=O)N1CCC[C@@]1(C)C(=O)NCC2)C(=O)O. The number of ether oxygens (including phenoxy) is 2. The number of amides is 8. The minimum atomic E-state index is -1.72. The Balaban J connectivity index is 0.995. The largest absolute Gasteiger partial charge is 0.497 e. The molecule has 27 heteroatoms. The lowest BCUT2D eigenvalue weighted by molar-refractivity contribution is -0.147. The summed E-state index contributed by atoms with van der Waals surface area (Å²) in [7, 11) is 1.51. The molecule has 532 valence electrons. The third-order valence-electron chi connectivity index (χ3n) is 19.3. The molecule has 4 aliphatic heterocycles. The molecule has 10 rings (SSSR count). The van der Waals surface area contributed by atoms with Crippen molar-refractivity contribution in [3.63, 3.8) is 0 Å². The van der Waals surface area contributed by atoms with Crippen molar-refractivity contribution < 1.29 is 67.2 Å². The molecule has 4 aromatic carbocycles. The molecule has 0 unspecified atom stereocenters. The maximum absolute atomic E-state index is 15.7. The molecule has 8 amide bonds. The number of carbonyl (C=O) groups excluding carboxylic acids is 8. The molecular formula is C73H90FN13O13. The zero-order valence-corrected chi connectivity index (χ0v) is 56.9. The van der Waals surface area contributed by atoms with E-state index in [1.54, 1.807) is 67.3 Å². The molecule has 26 nitrogen and oxygen atoms in total. The molecule has 0 radical (unpaired) electrons. The number of aliphatic hydroxyl groups excluding tert-OH is 1. The number of carboxylic acid groups (broad SMARTS) is 1. The Morgan fingerprint density at radius 1 is 0.840 bits per heavy atom. The summed E-state index contributed by atoms with van der Waals surface area (Å²) in [4.78, 5) is 130. The molecule has 2 aromatic heterocycles. The standard InChI is InChI=1S/C73H90FN13O13/c1-5-57(71(96)97)78-63(90)17-8-6-7-16-62(89)77-39-49-21-18-47-26-29-76-72(98)73(3)28-12-30-87(73)70(95)58(36-46-19-23-54(99-4)24-20-46)80-67(92)64(44(2)88)81-68(93)65-61-27-31-86(65)69(94)59(79-66(91)56(75)35-48-15-11-14-45(33-48)13-9-10-32-100-61)37-51-40-84(60-25-22-52(74)38-55(51)60)42-53-43-85(83-82-53)41-50(49)34-47/h9-11,14-15,18-25,33-34,38,40,43-44,56-59,61,64-65,88H,5-8,12-13,16-17,26-32,35-37,39,41-42,75H2,1-4H3,(H,76,98)(H,77,89)(H,78,90)(H,79,91)(H,80,92)(H,81,93)(H,96,97)/b10-9+/t44-,56+,57-,58+,59+,61+,64+,65+,73+/m1/s1. The fourth-order valence-electron chi connectivity index (χ4n) is 13.7. The van der Waals surface area contributed by atoms with Gasteiger partial charge in [-0.05, 0) is 141 Å². The number of aromatic nitrogens is 4. The van der Waals surface area contributed by atoms with Gasteiger partial charge in [0.2, 0.25) is 47.3 Å². The summed E-state index contributed by atoms with van der Waals surface area (Å²) in [6.45, 7) is 5.36. The van der Waals surface area contributed by atoms with Crippen LogP contribution in [0.1, 0.15) is 123 Å². The molecule has 6 aromatic rings. The van der Waals surface area contributed by atoms with Gasteiger partial charge in [0, 0.05) is 69.0 Å². The maximum Gasteiger partial charge on any atom is 0.326 e. The van der Waals surface area contributed by atoms with Crippen LogP contribution in [-0.2, 0) is 99.6 Å². The van der Waals surface area contributed by atoms with E-state index in [1.807, 2.05) is 53.1 Å². The topological polar surface area (TPSA) is 353 Å². The molecule has 100 heavy (non-hydrogen) atoms. The summed E-state index contributed by atoms with van der Waals surface area (Å²) in [6.07, 6.45) is 8.23. The molecule has 0 aliphatic carbocycles. The minimum Gasteiger partial charge on any atom is -0.497 e. The number of fused-ring (bicyclic) bond motifs is 13. The molecule has 0 spiro atoms. The highest BCUT2D eigenvalue weighted by molar-refractivity contribution is 5.99. The van der Waals surface area contributed by atoms with Crippen molar-refractivity contribution >= 4 is 64.1 Å². The zero-order valence-electron chi connectivity index (χ0n) is 56.9. The van der Waals surface area contributed by atoms with Crippen LogP contribution in [0.2, 0.25) is 0 Å². The van der Waals surface area contributed by atoms with Crippen LogP contribution in [-0.4, -0.2) is 180 Å². The summed E-state index contributed by atoms with van der Waals surface area (Å²) in [5.74, 6) is -5.96. The van der Waals surface area contributed by atoms with Crippen molar-refractivity contribution in [3.05, 3.63) is 160 Å². The predicted octanol–water partition coefficient (Wildman–Crippen LogP) is 3.37. The lowest BCUT2D eigenvalue weighted by Gasteiger charge is -2.37. The predicted molar refractivity (Wildman–Crippen MR) is 366 cm³/mol. The second-order valence-electron chi connectivity index (χ2n) is 26.6. The third-order valence-corrected chi connectivity index (χ3v) is 19.3. The molecule has 10 N–H and O–H groups in total. The summed E-state index contributed by atoms with van der Waals surface area (Å²) in [6, 6.07) is 16.4. The average Bonchev–Trinajstić information content (AvgIpc) is 1.62. The van der Waals surface area contributed by atoms with E-state index in [9.17, 15) is 39.0 Å². The van der Waals surface area contributed by atoms with Gasteiger partial charge in [-0.2, -0.15) is 0 Å². The Kier molecular flexibility index (Phi) is 24.3. The molecule has 4 aliphatic rings. The van der Waals surface area contributed by atoms with E-state index in [2.05, 4.69) is 42.2 Å². The first-order chi connectivity index (χ1) is 48.1. The van der Waals surface area contributed by atoms with Gasteiger partial charge in [0.05, 0.1) is 51.3 Å². The normalized spacial score (nSPS) is 23.1. The number of rotatable bonds is 15. The van der Waals surface area contributed by atoms with Crippen LogP contribution in [0.3, 0.4) is 0 Å². The summed E-state index contributed by atoms with van der Waals surface area (Å²) in [5.41, 5.74) is 11.5. The van der Waals surface area contributed by atoms with E-state index in [0.717, 1.165) is 27.8 Å². The molecule has 0 saturated carbocycles. The number of aliphatic hydroxyl groups is 1. The van der Waals surface area contributed by atoms with E-state index in [4.69, 9.17) is 15.2 Å². The van der Waals surface area contributed by atoms with Crippen molar-refractivity contribution in [2.45, 2.75) is 184 Å². The molecule has 2 saturated heterocycles. The van der Waals surface area contributed by atoms with E-state index in [-0.39, 0.29) is 109 Å². The number of allylic oxidation sites excluding steroid dienone is 1. The molecule has 12 bridgehead atoms. The number of carboxylic acids is 1. The summed E-state index contributed by atoms with van der Waals surface area (Å²) in [5, 5.41) is 47.4. The van der Waals surface area contributed by atoms with Crippen molar-refractivity contribution in [2.24, 2.45) is 5.73 Å². The zero-order chi connectivity index (χ0) is 71.2. The van der Waals surface area contributed by atoms with E-state index in [0.29, 0.717) is 72.0 Å². The highest BCUT2D eigenvalue weighted by Gasteiger charge is 2.49. The maximum atomic E-state index is 15.7. The second-order valence-corrected chi connectivity index (χ2v) is 26.6. The summed E-state index contributed by atoms with van der Waals surface area (Å²) < 4.78 is 30.9. The van der Waals surface area contributed by atoms with Crippen LogP contribution in [0.5, 0.6) is 5.75 Å². The number of hydrogen-bond acceptors (Lipinski definition) is 15. The minimum absolute atomic E-state index is 0.0189. The van der Waals surface area contributed by atoms with Gasteiger partial charge in [0.1, 0.15) is 53.0 Å². The Morgan fingerprint density at radius 2 is 1.62 bits per heavy atom. The first-order valence-corrected chi connectivity index (χ1v) is 34.4. The average molecular weight is 1380 g/mol. The number of hydrogen-bond donors (Lipinski definition) is 9. The molecule has 9 atom stereocenters. The molecule has 2 fully saturated rings. The van der Waals surface area contributed by atoms with Crippen LogP contribution in [0, 0.1) is 5.82 Å². The third kappa shape index (κ3) is 18.1. The number of unbranched alkanes of at least 4 members (excludes halogenated alkanes) is 2. The van der Waals surface area contributed by atoms with Crippen molar-refractivity contribution in [1.29, 1.82) is 0 Å². The van der Waals surface area contributed by atoms with E-state index < -0.39 is 101 Å². The van der Waals surface area contributed by atoms with Crippen molar-refractivity contribution in [1.82, 2.24) is 61.3 Å². The number of halogens is 1. The molecular weight excluding hydrogens is 1290 g/mol. The fourth-order valence-corrected chi connectivity index (χ4v) is 13.7. The molecule has 6 heterocycles. The van der Waals surface area contributed by atoms with Gasteiger partial charge in [-0.15, -0.1) is 5.10 Å². The van der Waals surface area contributed by atoms with Gasteiger partial charge < -0.3 is 71.7 Å². The number of nitrogens with two attached hydrogens (primary N) is 1. The quantitative estimate of drug-likeness (QED) is 0.0526. The van der Waals surface area contributed by atoms with E-state index in [1.165, 1.54) is 36.0 Å². The van der Waals surface area contributed by atoms with E-state index >= 15 is 18.8 Å². The first kappa shape index (κ1) is 72.9. The Bertz CT molecular complexity index is 4010. The number of methoxy groups -OCH3 is 1. The number of nitrogens with one attached hydrogen (secondary N) is 6. The van der Waals surface area contributed by atoms with Gasteiger partial charge in [-0.3, -0.25) is 38.4 Å². The second kappa shape index (κ2) is 33.3. The Labute approximate surface area is 579 Å². The van der Waals surface area contributed by atoms with Crippen molar-refractivity contribution in [2.75, 3.05) is 33.4 Å². The Hall–Kier alpha value is -9.86. The first-order valence-electron chi connectivity index (χ1n) is 34.4. The highest BCUT2D eigenvalue weighted by Crippen LogP contribution is 2.32. The lowest BCUT2D eigenvalue weighted by Crippen LogP contribution is -2.64.